The highest BCUT2D eigenvalue weighted by atomic mass is 35.5. The third kappa shape index (κ3) is 6.60. The van der Waals surface area contributed by atoms with Crippen LogP contribution in [0.4, 0.5) is 0 Å². The number of carbonyl (C=O) groups is 1. The molecule has 5 heteroatoms. The highest BCUT2D eigenvalue weighted by Crippen LogP contribution is 2.37. The maximum atomic E-state index is 9.00. The Kier molecular flexibility index (Phi) is 8.62. The van der Waals surface area contributed by atoms with Crippen LogP contribution < -0.4 is 4.74 Å². The van der Waals surface area contributed by atoms with Crippen molar-refractivity contribution >= 4 is 28.3 Å². The molecule has 1 unspecified atom stereocenters. The van der Waals surface area contributed by atoms with Gasteiger partial charge in [-0.05, 0) is 87.5 Å². The summed E-state index contributed by atoms with van der Waals surface area (Å²) in [5.41, 5.74) is 1.36. The number of fused-ring (bicyclic) bond motifs is 1. The van der Waals surface area contributed by atoms with Gasteiger partial charge in [0.1, 0.15) is 5.75 Å². The molecule has 1 aliphatic carbocycles. The number of nitrogens with zero attached hydrogens (tertiary/aromatic N) is 1. The van der Waals surface area contributed by atoms with Crippen LogP contribution in [0.15, 0.2) is 30.3 Å². The van der Waals surface area contributed by atoms with Gasteiger partial charge in [0.05, 0.1) is 11.1 Å². The number of rotatable bonds is 4. The molecule has 1 saturated heterocycles. The van der Waals surface area contributed by atoms with Gasteiger partial charge in [0.15, 0.2) is 0 Å². The maximum Gasteiger partial charge on any atom is 0.300 e. The average Bonchev–Trinajstić information content (AvgIpc) is 2.77. The highest BCUT2D eigenvalue weighted by molar-refractivity contribution is 6.37. The molecule has 1 heterocycles. The van der Waals surface area contributed by atoms with Gasteiger partial charge in [-0.15, -0.1) is 0 Å². The van der Waals surface area contributed by atoms with Gasteiger partial charge in [-0.3, -0.25) is 9.69 Å². The van der Waals surface area contributed by atoms with Crippen molar-refractivity contribution in [3.8, 4) is 5.75 Å². The molecule has 2 aromatic carbocycles. The lowest BCUT2D eigenvalue weighted by Crippen LogP contribution is -2.32. The Labute approximate surface area is 191 Å². The molecule has 0 aromatic heterocycles. The Bertz CT molecular complexity index is 866. The summed E-state index contributed by atoms with van der Waals surface area (Å²) >= 11 is 6.81. The number of piperidine rings is 1. The van der Waals surface area contributed by atoms with Gasteiger partial charge in [0.25, 0.3) is 5.97 Å². The number of hydrogen-bond donors (Lipinski definition) is 1. The van der Waals surface area contributed by atoms with E-state index in [0.717, 1.165) is 41.8 Å². The van der Waals surface area contributed by atoms with E-state index in [1.165, 1.54) is 56.1 Å². The fourth-order valence-electron chi connectivity index (χ4n) is 4.67. The number of ether oxygens (including phenoxy) is 1. The fourth-order valence-corrected chi connectivity index (χ4v) is 4.95. The largest absolute Gasteiger partial charge is 0.489 e. The lowest BCUT2D eigenvalue weighted by Gasteiger charge is -2.32. The minimum Gasteiger partial charge on any atom is -0.489 e. The predicted molar refractivity (Wildman–Crippen MR) is 128 cm³/mol. The monoisotopic (exact) mass is 445 g/mol. The van der Waals surface area contributed by atoms with E-state index in [1.807, 2.05) is 0 Å². The van der Waals surface area contributed by atoms with Crippen LogP contribution in [0.1, 0.15) is 77.3 Å². The zero-order chi connectivity index (χ0) is 22.4. The fraction of sp³-hybridized carbons (Fsp3) is 0.577. The van der Waals surface area contributed by atoms with Crippen molar-refractivity contribution in [3.63, 3.8) is 0 Å². The smallest absolute Gasteiger partial charge is 0.300 e. The van der Waals surface area contributed by atoms with Crippen molar-refractivity contribution < 1.29 is 14.6 Å². The molecule has 31 heavy (non-hydrogen) atoms. The Balaban J connectivity index is 0.000000628. The molecule has 1 saturated carbocycles. The van der Waals surface area contributed by atoms with Gasteiger partial charge >= 0.3 is 0 Å². The van der Waals surface area contributed by atoms with Crippen molar-refractivity contribution in [2.45, 2.75) is 77.9 Å². The third-order valence-corrected chi connectivity index (χ3v) is 7.01. The van der Waals surface area contributed by atoms with E-state index in [2.05, 4.69) is 49.1 Å². The van der Waals surface area contributed by atoms with Crippen LogP contribution in [0.3, 0.4) is 0 Å². The number of carboxylic acid groups (broad SMARTS) is 1. The van der Waals surface area contributed by atoms with Crippen LogP contribution in [0.2, 0.25) is 5.02 Å². The summed E-state index contributed by atoms with van der Waals surface area (Å²) < 4.78 is 6.32. The van der Waals surface area contributed by atoms with Crippen molar-refractivity contribution in [3.05, 3.63) is 40.9 Å². The Morgan fingerprint density at radius 3 is 2.35 bits per heavy atom. The Morgan fingerprint density at radius 1 is 1.10 bits per heavy atom. The van der Waals surface area contributed by atoms with Crippen LogP contribution in [0.25, 0.3) is 10.8 Å². The highest BCUT2D eigenvalue weighted by Gasteiger charge is 2.22. The van der Waals surface area contributed by atoms with E-state index in [0.29, 0.717) is 12.1 Å². The minimum absolute atomic E-state index is 0.312. The number of benzene rings is 2. The minimum atomic E-state index is -0.833. The van der Waals surface area contributed by atoms with Gasteiger partial charge in [0.2, 0.25) is 0 Å². The number of carboxylic acids is 1. The summed E-state index contributed by atoms with van der Waals surface area (Å²) in [7, 11) is 0. The quantitative estimate of drug-likeness (QED) is 0.545. The molecule has 0 spiro atoms. The standard InChI is InChI=1S/C24H32ClNO.C2H4O2/c1-17-6-11-21(12-7-17)27-23-13-10-19-8-9-20(16-22(19)24(23)25)18(2)26-14-4-3-5-15-26;1-2(3)4/h8-10,13,16-18,21H,3-7,11-12,14-15H2,1-2H3;1H3,(H,3,4). The first-order valence-corrected chi connectivity index (χ1v) is 12.1. The number of halogens is 1. The maximum absolute atomic E-state index is 9.00. The molecule has 1 aliphatic heterocycles. The molecule has 1 atom stereocenters. The summed E-state index contributed by atoms with van der Waals surface area (Å²) in [6.07, 6.45) is 9.11. The molecule has 4 nitrogen and oxygen atoms in total. The predicted octanol–water partition coefficient (Wildman–Crippen LogP) is 7.09. The molecule has 2 aliphatic rings. The zero-order valence-electron chi connectivity index (χ0n) is 19.1. The topological polar surface area (TPSA) is 49.8 Å². The van der Waals surface area contributed by atoms with Gasteiger partial charge in [-0.25, -0.2) is 0 Å². The van der Waals surface area contributed by atoms with Crippen LogP contribution in [0, 0.1) is 5.92 Å². The van der Waals surface area contributed by atoms with Crippen LogP contribution in [0.5, 0.6) is 5.75 Å². The summed E-state index contributed by atoms with van der Waals surface area (Å²) in [5.74, 6) is 0.849. The average molecular weight is 446 g/mol. The Morgan fingerprint density at radius 2 is 1.71 bits per heavy atom. The van der Waals surface area contributed by atoms with Gasteiger partial charge in [-0.2, -0.15) is 0 Å². The molecule has 2 aromatic rings. The SMILES string of the molecule is CC(=O)O.CC1CCC(Oc2ccc3ccc(C(C)N4CCCCC4)cc3c2Cl)CC1. The first-order chi connectivity index (χ1) is 14.8. The molecule has 0 bridgehead atoms. The molecular weight excluding hydrogens is 410 g/mol. The second-order valence-corrected chi connectivity index (χ2v) is 9.53. The first kappa shape index (κ1) is 23.9. The summed E-state index contributed by atoms with van der Waals surface area (Å²) in [6, 6.07) is 11.4. The van der Waals surface area contributed by atoms with Crippen LogP contribution >= 0.6 is 11.6 Å². The number of likely N-dealkylation sites (tertiary alicyclic amines) is 1. The lowest BCUT2D eigenvalue weighted by atomic mass is 9.89. The summed E-state index contributed by atoms with van der Waals surface area (Å²) in [5, 5.41) is 10.5. The van der Waals surface area contributed by atoms with E-state index in [-0.39, 0.29) is 0 Å². The third-order valence-electron chi connectivity index (χ3n) is 6.62. The van der Waals surface area contributed by atoms with E-state index < -0.39 is 5.97 Å². The molecular formula is C26H36ClNO3. The van der Waals surface area contributed by atoms with Gasteiger partial charge in [-0.1, -0.05) is 43.1 Å². The lowest BCUT2D eigenvalue weighted by molar-refractivity contribution is -0.134. The van der Waals surface area contributed by atoms with Gasteiger partial charge in [0, 0.05) is 18.4 Å². The molecule has 4 rings (SSSR count). The summed E-state index contributed by atoms with van der Waals surface area (Å²) in [6.45, 7) is 8.15. The first-order valence-electron chi connectivity index (χ1n) is 11.7. The van der Waals surface area contributed by atoms with Crippen molar-refractivity contribution in [1.29, 1.82) is 0 Å². The van der Waals surface area contributed by atoms with Crippen LogP contribution in [-0.4, -0.2) is 35.2 Å². The van der Waals surface area contributed by atoms with E-state index in [4.69, 9.17) is 26.2 Å². The van der Waals surface area contributed by atoms with Crippen molar-refractivity contribution in [2.24, 2.45) is 5.92 Å². The second-order valence-electron chi connectivity index (χ2n) is 9.15. The normalized spacial score (nSPS) is 23.0. The Hall–Kier alpha value is -1.78. The molecule has 2 fully saturated rings. The zero-order valence-corrected chi connectivity index (χ0v) is 19.8. The van der Waals surface area contributed by atoms with Gasteiger partial charge < -0.3 is 9.84 Å². The van der Waals surface area contributed by atoms with E-state index in [9.17, 15) is 0 Å². The molecule has 1 N–H and O–H groups in total. The summed E-state index contributed by atoms with van der Waals surface area (Å²) in [4.78, 5) is 11.6. The van der Waals surface area contributed by atoms with E-state index in [1.54, 1.807) is 0 Å². The number of hydrogen-bond acceptors (Lipinski definition) is 3. The second kappa shape index (κ2) is 11.2. The molecule has 0 radical (unpaired) electrons. The van der Waals surface area contributed by atoms with Crippen LogP contribution in [-0.2, 0) is 4.79 Å². The molecule has 0 amide bonds. The molecule has 170 valence electrons. The van der Waals surface area contributed by atoms with E-state index >= 15 is 0 Å². The number of aliphatic carboxylic acids is 1. The van der Waals surface area contributed by atoms with Crippen molar-refractivity contribution in [1.82, 2.24) is 4.90 Å². The van der Waals surface area contributed by atoms with Crippen molar-refractivity contribution in [2.75, 3.05) is 13.1 Å².